The number of likely N-dealkylation sites (N-methyl/N-ethyl adjacent to an activating group) is 1. The van der Waals surface area contributed by atoms with Gasteiger partial charge in [-0.3, -0.25) is 4.90 Å². The highest BCUT2D eigenvalue weighted by Gasteiger charge is 2.37. The maximum Gasteiger partial charge on any atom is 0.0249 e. The van der Waals surface area contributed by atoms with Crippen LogP contribution in [-0.4, -0.2) is 30.1 Å². The first kappa shape index (κ1) is 11.4. The van der Waals surface area contributed by atoms with Gasteiger partial charge in [0.15, 0.2) is 0 Å². The zero-order chi connectivity index (χ0) is 11.0. The van der Waals surface area contributed by atoms with Gasteiger partial charge in [0.25, 0.3) is 0 Å². The van der Waals surface area contributed by atoms with Crippen LogP contribution < -0.4 is 5.73 Å². The van der Waals surface area contributed by atoms with Crippen molar-refractivity contribution in [2.45, 2.75) is 64.1 Å². The minimum atomic E-state index is 0.422. The highest BCUT2D eigenvalue weighted by atomic mass is 15.2. The molecule has 15 heavy (non-hydrogen) atoms. The van der Waals surface area contributed by atoms with Gasteiger partial charge in [-0.1, -0.05) is 13.8 Å². The highest BCUT2D eigenvalue weighted by Crippen LogP contribution is 2.36. The van der Waals surface area contributed by atoms with Crippen molar-refractivity contribution in [1.29, 1.82) is 0 Å². The van der Waals surface area contributed by atoms with Crippen molar-refractivity contribution in [2.24, 2.45) is 17.6 Å². The average Bonchev–Trinajstić information content (AvgIpc) is 3.00. The third kappa shape index (κ3) is 2.54. The molecule has 0 spiro atoms. The van der Waals surface area contributed by atoms with Gasteiger partial charge in [-0.25, -0.2) is 0 Å². The predicted octanol–water partition coefficient (Wildman–Crippen LogP) is 2.23. The Morgan fingerprint density at radius 3 is 2.33 bits per heavy atom. The van der Waals surface area contributed by atoms with E-state index in [1.54, 1.807) is 0 Å². The Labute approximate surface area is 94.2 Å². The largest absolute Gasteiger partial charge is 0.326 e. The van der Waals surface area contributed by atoms with E-state index in [1.165, 1.54) is 32.1 Å². The Hall–Kier alpha value is -0.0800. The lowest BCUT2D eigenvalue weighted by Gasteiger charge is -2.41. The van der Waals surface area contributed by atoms with Crippen LogP contribution >= 0.6 is 0 Å². The first-order valence-electron chi connectivity index (χ1n) is 6.57. The van der Waals surface area contributed by atoms with Crippen LogP contribution in [0.15, 0.2) is 0 Å². The lowest BCUT2D eigenvalue weighted by Crippen LogP contribution is -2.51. The lowest BCUT2D eigenvalue weighted by molar-refractivity contribution is 0.112. The zero-order valence-electron chi connectivity index (χ0n) is 10.4. The third-order valence-corrected chi connectivity index (χ3v) is 4.50. The topological polar surface area (TPSA) is 29.3 Å². The average molecular weight is 210 g/mol. The fourth-order valence-corrected chi connectivity index (χ4v) is 3.03. The summed E-state index contributed by atoms with van der Waals surface area (Å²) in [7, 11) is 2.28. The third-order valence-electron chi connectivity index (χ3n) is 4.50. The fourth-order valence-electron chi connectivity index (χ4n) is 3.03. The van der Waals surface area contributed by atoms with Crippen LogP contribution in [0, 0.1) is 11.8 Å². The molecule has 2 heteroatoms. The van der Waals surface area contributed by atoms with Crippen LogP contribution in [0.2, 0.25) is 0 Å². The van der Waals surface area contributed by atoms with E-state index in [0.29, 0.717) is 12.1 Å². The molecule has 0 aromatic rings. The molecule has 3 unspecified atom stereocenters. The zero-order valence-corrected chi connectivity index (χ0v) is 10.4. The maximum atomic E-state index is 6.27. The fraction of sp³-hybridized carbons (Fsp3) is 1.00. The monoisotopic (exact) mass is 210 g/mol. The van der Waals surface area contributed by atoms with Crippen molar-refractivity contribution in [1.82, 2.24) is 4.90 Å². The summed E-state index contributed by atoms with van der Waals surface area (Å²) in [4.78, 5) is 2.57. The Kier molecular flexibility index (Phi) is 3.36. The Morgan fingerprint density at radius 1 is 1.13 bits per heavy atom. The molecule has 2 fully saturated rings. The Bertz CT molecular complexity index is 211. The predicted molar refractivity (Wildman–Crippen MR) is 64.7 cm³/mol. The second-order valence-corrected chi connectivity index (χ2v) is 5.94. The van der Waals surface area contributed by atoms with Crippen molar-refractivity contribution in [2.75, 3.05) is 7.05 Å². The molecule has 0 radical (unpaired) electrons. The van der Waals surface area contributed by atoms with E-state index in [1.807, 2.05) is 0 Å². The summed E-state index contributed by atoms with van der Waals surface area (Å²) < 4.78 is 0. The van der Waals surface area contributed by atoms with E-state index in [2.05, 4.69) is 25.8 Å². The molecule has 0 saturated heterocycles. The van der Waals surface area contributed by atoms with Crippen LogP contribution in [0.3, 0.4) is 0 Å². The molecule has 0 aromatic carbocycles. The number of hydrogen-bond acceptors (Lipinski definition) is 2. The molecular formula is C13H26N2. The molecule has 0 amide bonds. The standard InChI is InChI=1S/C13H26N2/c1-9(2)10-4-7-12(14)13(8-10)15(3)11-5-6-11/h9-13H,4-8,14H2,1-3H3. The van der Waals surface area contributed by atoms with Crippen LogP contribution in [-0.2, 0) is 0 Å². The van der Waals surface area contributed by atoms with Gasteiger partial charge in [0.2, 0.25) is 0 Å². The van der Waals surface area contributed by atoms with Crippen LogP contribution in [0.4, 0.5) is 0 Å². The molecular weight excluding hydrogens is 184 g/mol. The van der Waals surface area contributed by atoms with Crippen LogP contribution in [0.5, 0.6) is 0 Å². The molecule has 2 N–H and O–H groups in total. The summed E-state index contributed by atoms with van der Waals surface area (Å²) in [6.45, 7) is 4.71. The van der Waals surface area contributed by atoms with Crippen molar-refractivity contribution < 1.29 is 0 Å². The summed E-state index contributed by atoms with van der Waals surface area (Å²) in [6, 6.07) is 1.93. The molecule has 88 valence electrons. The van der Waals surface area contributed by atoms with Gasteiger partial charge in [-0.15, -0.1) is 0 Å². The van der Waals surface area contributed by atoms with Crippen LogP contribution in [0.25, 0.3) is 0 Å². The number of nitrogens with two attached hydrogens (primary N) is 1. The normalized spacial score (nSPS) is 37.6. The molecule has 0 bridgehead atoms. The molecule has 2 saturated carbocycles. The molecule has 0 aromatic heterocycles. The van der Waals surface area contributed by atoms with E-state index >= 15 is 0 Å². The summed E-state index contributed by atoms with van der Waals surface area (Å²) >= 11 is 0. The quantitative estimate of drug-likeness (QED) is 0.774. The van der Waals surface area contributed by atoms with Crippen molar-refractivity contribution in [3.05, 3.63) is 0 Å². The number of nitrogens with zero attached hydrogens (tertiary/aromatic N) is 1. The van der Waals surface area contributed by atoms with Crippen LogP contribution in [0.1, 0.15) is 46.0 Å². The lowest BCUT2D eigenvalue weighted by atomic mass is 9.76. The Morgan fingerprint density at radius 2 is 1.80 bits per heavy atom. The first-order valence-corrected chi connectivity index (χ1v) is 6.57. The number of rotatable bonds is 3. The molecule has 0 aliphatic heterocycles. The molecule has 0 heterocycles. The summed E-state index contributed by atoms with van der Waals surface area (Å²) in [5.74, 6) is 1.73. The van der Waals surface area contributed by atoms with Gasteiger partial charge in [-0.05, 0) is 51.0 Å². The van der Waals surface area contributed by atoms with Crippen molar-refractivity contribution in [3.63, 3.8) is 0 Å². The maximum absolute atomic E-state index is 6.27. The van der Waals surface area contributed by atoms with E-state index in [0.717, 1.165) is 17.9 Å². The van der Waals surface area contributed by atoms with Gasteiger partial charge in [0, 0.05) is 18.1 Å². The summed E-state index contributed by atoms with van der Waals surface area (Å²) in [5.41, 5.74) is 6.27. The Balaban J connectivity index is 1.95. The molecule has 2 aliphatic rings. The van der Waals surface area contributed by atoms with Crippen molar-refractivity contribution in [3.8, 4) is 0 Å². The second kappa shape index (κ2) is 4.42. The van der Waals surface area contributed by atoms with Gasteiger partial charge >= 0.3 is 0 Å². The van der Waals surface area contributed by atoms with Gasteiger partial charge in [0.05, 0.1) is 0 Å². The van der Waals surface area contributed by atoms with Gasteiger partial charge in [0.1, 0.15) is 0 Å². The highest BCUT2D eigenvalue weighted by molar-refractivity contribution is 4.94. The van der Waals surface area contributed by atoms with E-state index in [9.17, 15) is 0 Å². The number of hydrogen-bond donors (Lipinski definition) is 1. The summed E-state index contributed by atoms with van der Waals surface area (Å²) in [6.07, 6.45) is 6.68. The van der Waals surface area contributed by atoms with E-state index in [4.69, 9.17) is 5.73 Å². The van der Waals surface area contributed by atoms with Gasteiger partial charge < -0.3 is 5.73 Å². The molecule has 2 rings (SSSR count). The van der Waals surface area contributed by atoms with E-state index < -0.39 is 0 Å². The minimum absolute atomic E-state index is 0.422. The summed E-state index contributed by atoms with van der Waals surface area (Å²) in [5, 5.41) is 0. The first-order chi connectivity index (χ1) is 7.09. The molecule has 3 atom stereocenters. The molecule has 2 nitrogen and oxygen atoms in total. The second-order valence-electron chi connectivity index (χ2n) is 5.94. The van der Waals surface area contributed by atoms with Crippen molar-refractivity contribution >= 4 is 0 Å². The van der Waals surface area contributed by atoms with E-state index in [-0.39, 0.29) is 0 Å². The smallest absolute Gasteiger partial charge is 0.0249 e. The molecule has 2 aliphatic carbocycles. The SMILES string of the molecule is CC(C)C1CCC(N)C(N(C)C2CC2)C1. The van der Waals surface area contributed by atoms with Gasteiger partial charge in [-0.2, -0.15) is 0 Å². The minimum Gasteiger partial charge on any atom is -0.326 e.